The molecule has 0 unspecified atom stereocenters. The summed E-state index contributed by atoms with van der Waals surface area (Å²) in [6.07, 6.45) is 5.80. The zero-order chi connectivity index (χ0) is 20.7. The first-order valence-corrected chi connectivity index (χ1v) is 10.1. The zero-order valence-electron chi connectivity index (χ0n) is 17.7. The van der Waals surface area contributed by atoms with Gasteiger partial charge in [0.2, 0.25) is 0 Å². The SMILES string of the molecule is CCCCOC(=O)N([C@@H](C)c1ccccc1)[C@H]1C=CC[C@@H]1C(=O)OC(C)(C)C. The van der Waals surface area contributed by atoms with Crippen LogP contribution < -0.4 is 0 Å². The number of nitrogens with zero attached hydrogens (tertiary/aromatic N) is 1. The van der Waals surface area contributed by atoms with Gasteiger partial charge in [-0.25, -0.2) is 4.79 Å². The van der Waals surface area contributed by atoms with Crippen molar-refractivity contribution in [3.8, 4) is 0 Å². The van der Waals surface area contributed by atoms with Gasteiger partial charge < -0.3 is 9.47 Å². The number of unbranched alkanes of at least 4 members (excludes halogenated alkanes) is 1. The second-order valence-corrected chi connectivity index (χ2v) is 8.26. The highest BCUT2D eigenvalue weighted by atomic mass is 16.6. The van der Waals surface area contributed by atoms with E-state index in [1.807, 2.05) is 70.2 Å². The lowest BCUT2D eigenvalue weighted by Gasteiger charge is -2.36. The Morgan fingerprint density at radius 1 is 1.21 bits per heavy atom. The summed E-state index contributed by atoms with van der Waals surface area (Å²) < 4.78 is 11.1. The number of carbonyl (C=O) groups excluding carboxylic acids is 2. The lowest BCUT2D eigenvalue weighted by Crippen LogP contribution is -2.47. The molecule has 3 atom stereocenters. The fourth-order valence-electron chi connectivity index (χ4n) is 3.35. The number of carbonyl (C=O) groups is 2. The molecule has 5 nitrogen and oxygen atoms in total. The van der Waals surface area contributed by atoms with Gasteiger partial charge in [0.1, 0.15) is 5.60 Å². The van der Waals surface area contributed by atoms with E-state index in [1.165, 1.54) is 0 Å². The minimum absolute atomic E-state index is 0.229. The third kappa shape index (κ3) is 5.85. The Bertz CT molecular complexity index is 678. The molecule has 0 aliphatic heterocycles. The standard InChI is InChI=1S/C23H33NO4/c1-6-7-16-27-22(26)24(17(2)18-12-9-8-10-13-18)20-15-11-14-19(20)21(25)28-23(3,4)5/h8-13,15,17,19-20H,6-7,14,16H2,1-5H3/t17-,19-,20-/m0/s1. The number of ether oxygens (including phenoxy) is 2. The number of hydrogen-bond acceptors (Lipinski definition) is 4. The first-order chi connectivity index (χ1) is 13.2. The van der Waals surface area contributed by atoms with Crippen LogP contribution in [-0.2, 0) is 14.3 Å². The van der Waals surface area contributed by atoms with Crippen molar-refractivity contribution in [1.82, 2.24) is 4.90 Å². The summed E-state index contributed by atoms with van der Waals surface area (Å²) in [6, 6.07) is 9.19. The van der Waals surface area contributed by atoms with Crippen LogP contribution in [-0.4, -0.2) is 35.2 Å². The van der Waals surface area contributed by atoms with Crippen LogP contribution in [0.2, 0.25) is 0 Å². The molecular formula is C23H33NO4. The summed E-state index contributed by atoms with van der Waals surface area (Å²) >= 11 is 0. The van der Waals surface area contributed by atoms with E-state index in [0.29, 0.717) is 13.0 Å². The number of hydrogen-bond donors (Lipinski definition) is 0. The van der Waals surface area contributed by atoms with Gasteiger partial charge in [-0.15, -0.1) is 0 Å². The minimum atomic E-state index is -0.568. The molecule has 0 bridgehead atoms. The Kier molecular flexibility index (Phi) is 7.67. The predicted molar refractivity (Wildman–Crippen MR) is 110 cm³/mol. The van der Waals surface area contributed by atoms with Gasteiger partial charge in [0.15, 0.2) is 0 Å². The van der Waals surface area contributed by atoms with Crippen molar-refractivity contribution < 1.29 is 19.1 Å². The van der Waals surface area contributed by atoms with Crippen LogP contribution >= 0.6 is 0 Å². The molecule has 1 aromatic rings. The third-order valence-electron chi connectivity index (χ3n) is 4.80. The maximum absolute atomic E-state index is 13.0. The summed E-state index contributed by atoms with van der Waals surface area (Å²) in [6.45, 7) is 9.95. The topological polar surface area (TPSA) is 55.8 Å². The zero-order valence-corrected chi connectivity index (χ0v) is 17.7. The van der Waals surface area contributed by atoms with Crippen molar-refractivity contribution in [3.05, 3.63) is 48.0 Å². The highest BCUT2D eigenvalue weighted by molar-refractivity contribution is 5.77. The Morgan fingerprint density at radius 3 is 2.50 bits per heavy atom. The smallest absolute Gasteiger partial charge is 0.410 e. The average Bonchev–Trinajstić information content (AvgIpc) is 3.11. The van der Waals surface area contributed by atoms with Crippen molar-refractivity contribution in [3.63, 3.8) is 0 Å². The normalized spacial score (nSPS) is 19.9. The van der Waals surface area contributed by atoms with Gasteiger partial charge in [-0.05, 0) is 46.1 Å². The van der Waals surface area contributed by atoms with E-state index in [1.54, 1.807) is 4.90 Å². The molecule has 1 aliphatic rings. The number of amides is 1. The molecule has 5 heteroatoms. The fraction of sp³-hybridized carbons (Fsp3) is 0.565. The number of benzene rings is 1. The Hall–Kier alpha value is -2.30. The first kappa shape index (κ1) is 22.0. The maximum atomic E-state index is 13.0. The van der Waals surface area contributed by atoms with Crippen LogP contribution in [0.3, 0.4) is 0 Å². The van der Waals surface area contributed by atoms with Crippen molar-refractivity contribution in [1.29, 1.82) is 0 Å². The largest absolute Gasteiger partial charge is 0.460 e. The highest BCUT2D eigenvalue weighted by Crippen LogP contribution is 2.33. The Balaban J connectivity index is 2.27. The van der Waals surface area contributed by atoms with E-state index >= 15 is 0 Å². The van der Waals surface area contributed by atoms with E-state index in [0.717, 1.165) is 18.4 Å². The van der Waals surface area contributed by atoms with Gasteiger partial charge in [0.25, 0.3) is 0 Å². The van der Waals surface area contributed by atoms with E-state index in [2.05, 4.69) is 6.92 Å². The van der Waals surface area contributed by atoms with Gasteiger partial charge in [0.05, 0.1) is 24.6 Å². The van der Waals surface area contributed by atoms with Crippen LogP contribution in [0.15, 0.2) is 42.5 Å². The molecule has 1 aromatic carbocycles. The monoisotopic (exact) mass is 387 g/mol. The van der Waals surface area contributed by atoms with E-state index in [4.69, 9.17) is 9.47 Å². The molecule has 0 saturated heterocycles. The summed E-state index contributed by atoms with van der Waals surface area (Å²) in [7, 11) is 0. The molecule has 1 aliphatic carbocycles. The van der Waals surface area contributed by atoms with Crippen molar-refractivity contribution >= 4 is 12.1 Å². The van der Waals surface area contributed by atoms with Gasteiger partial charge >= 0.3 is 12.1 Å². The van der Waals surface area contributed by atoms with Crippen LogP contribution in [0.25, 0.3) is 0 Å². The van der Waals surface area contributed by atoms with E-state index in [-0.39, 0.29) is 18.1 Å². The molecule has 1 amide bonds. The number of allylic oxidation sites excluding steroid dienone is 1. The Labute approximate surface area is 168 Å². The average molecular weight is 388 g/mol. The van der Waals surface area contributed by atoms with Gasteiger partial charge in [-0.3, -0.25) is 9.69 Å². The first-order valence-electron chi connectivity index (χ1n) is 10.1. The van der Waals surface area contributed by atoms with Gasteiger partial charge in [-0.2, -0.15) is 0 Å². The predicted octanol–water partition coefficient (Wildman–Crippen LogP) is 5.27. The minimum Gasteiger partial charge on any atom is -0.460 e. The van der Waals surface area contributed by atoms with Crippen LogP contribution in [0, 0.1) is 5.92 Å². The maximum Gasteiger partial charge on any atom is 0.410 e. The quantitative estimate of drug-likeness (QED) is 0.363. The molecule has 0 N–H and O–H groups in total. The summed E-state index contributed by atoms with van der Waals surface area (Å²) in [5.74, 6) is -0.710. The Morgan fingerprint density at radius 2 is 1.89 bits per heavy atom. The number of rotatable bonds is 7. The van der Waals surface area contributed by atoms with E-state index < -0.39 is 17.6 Å². The molecule has 2 rings (SSSR count). The summed E-state index contributed by atoms with van der Waals surface area (Å²) in [4.78, 5) is 27.5. The summed E-state index contributed by atoms with van der Waals surface area (Å²) in [5.41, 5.74) is 0.431. The molecule has 0 radical (unpaired) electrons. The second-order valence-electron chi connectivity index (χ2n) is 8.26. The van der Waals surface area contributed by atoms with E-state index in [9.17, 15) is 9.59 Å². The van der Waals surface area contributed by atoms with Crippen molar-refractivity contribution in [2.75, 3.05) is 6.61 Å². The van der Waals surface area contributed by atoms with Crippen LogP contribution in [0.5, 0.6) is 0 Å². The molecule has 154 valence electrons. The molecule has 0 fully saturated rings. The molecule has 0 aromatic heterocycles. The van der Waals surface area contributed by atoms with Crippen LogP contribution in [0.4, 0.5) is 4.79 Å². The van der Waals surface area contributed by atoms with Crippen molar-refractivity contribution in [2.24, 2.45) is 5.92 Å². The highest BCUT2D eigenvalue weighted by Gasteiger charge is 2.41. The molecular weight excluding hydrogens is 354 g/mol. The lowest BCUT2D eigenvalue weighted by molar-refractivity contribution is -0.161. The van der Waals surface area contributed by atoms with Crippen LogP contribution in [0.1, 0.15) is 65.5 Å². The second kappa shape index (κ2) is 9.76. The molecule has 28 heavy (non-hydrogen) atoms. The van der Waals surface area contributed by atoms with Gasteiger partial charge in [-0.1, -0.05) is 55.8 Å². The molecule has 0 heterocycles. The summed E-state index contributed by atoms with van der Waals surface area (Å²) in [5, 5.41) is 0. The number of esters is 1. The lowest BCUT2D eigenvalue weighted by atomic mass is 9.97. The van der Waals surface area contributed by atoms with Crippen molar-refractivity contribution in [2.45, 2.75) is 71.6 Å². The fourth-order valence-corrected chi connectivity index (χ4v) is 3.35. The van der Waals surface area contributed by atoms with Gasteiger partial charge in [0, 0.05) is 0 Å². The molecule has 0 spiro atoms. The molecule has 0 saturated carbocycles. The third-order valence-corrected chi connectivity index (χ3v) is 4.80.